The van der Waals surface area contributed by atoms with Crippen LogP contribution in [0.2, 0.25) is 0 Å². The molecule has 0 bridgehead atoms. The zero-order chi connectivity index (χ0) is 47.8. The van der Waals surface area contributed by atoms with Crippen molar-refractivity contribution in [3.63, 3.8) is 0 Å². The van der Waals surface area contributed by atoms with E-state index in [1.807, 2.05) is 66.7 Å². The standard InChI is InChI=1S/C32H33F2N3O3.C24H20F2N2O.CH4/c1-19-2-12-25(13-3-19)40-32-35-27-18-26(33)28(29(34)30(27)36-32)22-8-4-20(5-9-22)21-6-10-23(11-7-21)31(39)37-16-14-24(38)15-17-37;1-14-11-18(14)13-29-24-27-20-12-19(25)21(22(26)23(20)28-24)17-9-7-16(8-10-17)15-5-3-2-4-6-15;/h4-11,18-19,24-25,38H,2-3,12-17H2,1H3,(H,35,36);2-10,12,14,18H,11,13H2,1H3,(H,27,28);1H4. The van der Waals surface area contributed by atoms with E-state index in [1.54, 1.807) is 41.3 Å². The van der Waals surface area contributed by atoms with E-state index in [2.05, 4.69) is 33.8 Å². The summed E-state index contributed by atoms with van der Waals surface area (Å²) >= 11 is 0. The zero-order valence-corrected chi connectivity index (χ0v) is 38.5. The number of H-pyrrole nitrogens is 2. The zero-order valence-electron chi connectivity index (χ0n) is 38.5. The van der Waals surface area contributed by atoms with Gasteiger partial charge in [0.1, 0.15) is 28.8 Å². The maximum Gasteiger partial charge on any atom is 0.294 e. The van der Waals surface area contributed by atoms with Gasteiger partial charge in [-0.05, 0) is 108 Å². The van der Waals surface area contributed by atoms with Crippen LogP contribution in [0.4, 0.5) is 17.6 Å². The number of amides is 1. The van der Waals surface area contributed by atoms with Crippen LogP contribution >= 0.6 is 0 Å². The number of hydrogen-bond acceptors (Lipinski definition) is 6. The van der Waals surface area contributed by atoms with Crippen LogP contribution < -0.4 is 9.47 Å². The predicted molar refractivity (Wildman–Crippen MR) is 266 cm³/mol. The summed E-state index contributed by atoms with van der Waals surface area (Å²) < 4.78 is 72.2. The third kappa shape index (κ3) is 10.3. The Balaban J connectivity index is 0.000000180. The molecule has 2 atom stereocenters. The van der Waals surface area contributed by atoms with Gasteiger partial charge in [-0.1, -0.05) is 112 Å². The molecule has 3 N–H and O–H groups in total. The minimum atomic E-state index is -0.723. The van der Waals surface area contributed by atoms with Crippen LogP contribution in [0.3, 0.4) is 0 Å². The number of benzene rings is 6. The number of aromatic nitrogens is 4. The summed E-state index contributed by atoms with van der Waals surface area (Å²) in [5, 5.41) is 9.68. The Hall–Kier alpha value is -6.99. The van der Waals surface area contributed by atoms with Gasteiger partial charge in [-0.3, -0.25) is 4.79 Å². The number of nitrogens with zero attached hydrogens (tertiary/aromatic N) is 3. The van der Waals surface area contributed by atoms with Crippen LogP contribution in [0.5, 0.6) is 12.0 Å². The molecule has 0 radical (unpaired) electrons. The third-order valence-corrected chi connectivity index (χ3v) is 13.9. The Bertz CT molecular complexity index is 3090. The molecule has 70 heavy (non-hydrogen) atoms. The van der Waals surface area contributed by atoms with Crippen LogP contribution in [0, 0.1) is 41.0 Å². The van der Waals surface area contributed by atoms with Crippen molar-refractivity contribution in [3.05, 3.63) is 144 Å². The van der Waals surface area contributed by atoms with Gasteiger partial charge in [-0.25, -0.2) is 17.6 Å². The quantitative estimate of drug-likeness (QED) is 0.118. The van der Waals surface area contributed by atoms with Gasteiger partial charge < -0.3 is 29.4 Å². The summed E-state index contributed by atoms with van der Waals surface area (Å²) in [6, 6.07) is 34.3. The number of hydrogen-bond donors (Lipinski definition) is 3. The fourth-order valence-electron chi connectivity index (χ4n) is 9.44. The first-order chi connectivity index (χ1) is 33.4. The number of likely N-dealkylation sites (tertiary alicyclic amines) is 1. The number of piperidine rings is 1. The second-order valence-electron chi connectivity index (χ2n) is 18.9. The van der Waals surface area contributed by atoms with Crippen molar-refractivity contribution in [2.45, 2.75) is 78.4 Å². The lowest BCUT2D eigenvalue weighted by Gasteiger charge is -2.29. The van der Waals surface area contributed by atoms with E-state index in [0.29, 0.717) is 72.5 Å². The van der Waals surface area contributed by atoms with Gasteiger partial charge in [0.15, 0.2) is 11.6 Å². The summed E-state index contributed by atoms with van der Waals surface area (Å²) in [5.74, 6) is -0.905. The second-order valence-corrected chi connectivity index (χ2v) is 18.9. The summed E-state index contributed by atoms with van der Waals surface area (Å²) in [6.45, 7) is 6.03. The number of halogens is 4. The number of fused-ring (bicyclic) bond motifs is 2. The molecular weight excluding hydrogens is 895 g/mol. The number of nitrogens with one attached hydrogen (secondary N) is 2. The molecule has 0 spiro atoms. The smallest absolute Gasteiger partial charge is 0.294 e. The lowest BCUT2D eigenvalue weighted by atomic mass is 9.89. The number of aliphatic hydroxyl groups excluding tert-OH is 1. The maximum atomic E-state index is 15.5. The molecule has 3 heterocycles. The molecule has 1 aliphatic heterocycles. The highest BCUT2D eigenvalue weighted by Crippen LogP contribution is 2.39. The Labute approximate surface area is 404 Å². The molecule has 8 aromatic rings. The Kier molecular flexibility index (Phi) is 14.1. The van der Waals surface area contributed by atoms with E-state index in [-0.39, 0.29) is 65.2 Å². The second kappa shape index (κ2) is 20.5. The normalized spacial score (nSPS) is 19.0. The van der Waals surface area contributed by atoms with Crippen LogP contribution in [-0.4, -0.2) is 67.8 Å². The van der Waals surface area contributed by atoms with Crippen molar-refractivity contribution in [1.29, 1.82) is 0 Å². The summed E-state index contributed by atoms with van der Waals surface area (Å²) in [4.78, 5) is 28.9. The first kappa shape index (κ1) is 48.1. The molecule has 13 heteroatoms. The number of aromatic amines is 2. The van der Waals surface area contributed by atoms with Crippen molar-refractivity contribution >= 4 is 28.0 Å². The molecule has 9 nitrogen and oxygen atoms in total. The molecule has 1 saturated heterocycles. The maximum absolute atomic E-state index is 15.5. The number of aliphatic hydroxyl groups is 1. The van der Waals surface area contributed by atoms with Crippen molar-refractivity contribution in [1.82, 2.24) is 24.8 Å². The van der Waals surface area contributed by atoms with Gasteiger partial charge in [0.2, 0.25) is 0 Å². The first-order valence-corrected chi connectivity index (χ1v) is 23.8. The van der Waals surface area contributed by atoms with Crippen molar-refractivity contribution < 1.29 is 36.9 Å². The highest BCUT2D eigenvalue weighted by molar-refractivity contribution is 5.95. The lowest BCUT2D eigenvalue weighted by molar-refractivity contribution is 0.0546. The van der Waals surface area contributed by atoms with Gasteiger partial charge in [-0.15, -0.1) is 0 Å². The predicted octanol–water partition coefficient (Wildman–Crippen LogP) is 13.6. The number of imidazole rings is 2. The minimum Gasteiger partial charge on any atom is -0.464 e. The fraction of sp³-hybridized carbons (Fsp3) is 0.316. The average Bonchev–Trinajstić information content (AvgIpc) is 3.69. The summed E-state index contributed by atoms with van der Waals surface area (Å²) in [5.41, 5.74) is 5.77. The number of carbonyl (C=O) groups is 1. The molecule has 362 valence electrons. The van der Waals surface area contributed by atoms with E-state index in [9.17, 15) is 14.3 Å². The van der Waals surface area contributed by atoms with E-state index in [4.69, 9.17) is 9.47 Å². The van der Waals surface area contributed by atoms with E-state index in [0.717, 1.165) is 54.4 Å². The molecule has 2 saturated carbocycles. The van der Waals surface area contributed by atoms with Gasteiger partial charge in [0.25, 0.3) is 17.9 Å². The molecular formula is C57H57F4N5O4. The average molecular weight is 952 g/mol. The molecule has 2 aromatic heterocycles. The highest BCUT2D eigenvalue weighted by Gasteiger charge is 2.33. The van der Waals surface area contributed by atoms with Crippen LogP contribution in [0.25, 0.3) is 66.6 Å². The van der Waals surface area contributed by atoms with Gasteiger partial charge in [0.05, 0.1) is 34.9 Å². The number of ether oxygens (including phenoxy) is 2. The van der Waals surface area contributed by atoms with Crippen LogP contribution in [0.1, 0.15) is 76.6 Å². The van der Waals surface area contributed by atoms with Gasteiger partial charge in [0, 0.05) is 30.8 Å². The minimum absolute atomic E-state index is 0. The van der Waals surface area contributed by atoms with Crippen molar-refractivity contribution in [2.24, 2.45) is 17.8 Å². The van der Waals surface area contributed by atoms with E-state index >= 15 is 13.2 Å². The molecule has 2 aliphatic carbocycles. The molecule has 1 amide bonds. The topological polar surface area (TPSA) is 116 Å². The number of rotatable bonds is 10. The molecule has 3 aliphatic rings. The van der Waals surface area contributed by atoms with E-state index < -0.39 is 23.3 Å². The SMILES string of the molecule is C.CC1CC1COc1nc2c(F)c(-c3ccc(-c4ccccc4)cc3)c(F)cc2[nH]1.CC1CCC(Oc2nc3c(F)c(-c4ccc(-c5ccc(C(=O)N6CCC(O)CC6)cc5)cc4)c(F)cc3[nH]2)CC1. The summed E-state index contributed by atoms with van der Waals surface area (Å²) in [6.07, 6.45) is 6.04. The van der Waals surface area contributed by atoms with Crippen LogP contribution in [0.15, 0.2) is 115 Å². The third-order valence-electron chi connectivity index (χ3n) is 13.9. The van der Waals surface area contributed by atoms with Crippen molar-refractivity contribution in [3.8, 4) is 56.5 Å². The largest absolute Gasteiger partial charge is 0.464 e. The highest BCUT2D eigenvalue weighted by atomic mass is 19.1. The van der Waals surface area contributed by atoms with Crippen LogP contribution in [-0.2, 0) is 0 Å². The monoisotopic (exact) mass is 951 g/mol. The lowest BCUT2D eigenvalue weighted by Crippen LogP contribution is -2.40. The summed E-state index contributed by atoms with van der Waals surface area (Å²) in [7, 11) is 0. The van der Waals surface area contributed by atoms with Gasteiger partial charge >= 0.3 is 0 Å². The first-order valence-electron chi connectivity index (χ1n) is 23.8. The van der Waals surface area contributed by atoms with Crippen molar-refractivity contribution in [2.75, 3.05) is 19.7 Å². The number of carbonyl (C=O) groups excluding carboxylic acids is 1. The molecule has 2 unspecified atom stereocenters. The van der Waals surface area contributed by atoms with E-state index in [1.165, 1.54) is 12.1 Å². The molecule has 6 aromatic carbocycles. The Morgan fingerprint density at radius 3 is 1.61 bits per heavy atom. The molecule has 3 fully saturated rings. The molecule has 11 rings (SSSR count). The Morgan fingerprint density at radius 2 is 1.10 bits per heavy atom. The Morgan fingerprint density at radius 1 is 0.643 bits per heavy atom. The fourth-order valence-corrected chi connectivity index (χ4v) is 9.44. The van der Waals surface area contributed by atoms with Gasteiger partial charge in [-0.2, -0.15) is 9.97 Å².